The molecule has 28 heavy (non-hydrogen) atoms. The number of hydrogen-bond donors (Lipinski definition) is 1. The maximum atomic E-state index is 12.7. The molecule has 1 saturated carbocycles. The molecule has 1 amide bonds. The topological polar surface area (TPSA) is 29.1 Å². The van der Waals surface area contributed by atoms with Gasteiger partial charge in [-0.1, -0.05) is 67.9 Å². The second-order valence-electron chi connectivity index (χ2n) is 8.07. The highest BCUT2D eigenvalue weighted by Crippen LogP contribution is 2.53. The van der Waals surface area contributed by atoms with Crippen molar-refractivity contribution in [2.45, 2.75) is 39.4 Å². The first-order chi connectivity index (χ1) is 13.0. The highest BCUT2D eigenvalue weighted by molar-refractivity contribution is 6.30. The molecule has 2 aromatic rings. The van der Waals surface area contributed by atoms with Crippen LogP contribution in [-0.4, -0.2) is 12.1 Å². The van der Waals surface area contributed by atoms with Gasteiger partial charge in [-0.3, -0.25) is 4.79 Å². The van der Waals surface area contributed by atoms with Crippen LogP contribution in [0, 0.1) is 17.3 Å². The lowest BCUT2D eigenvalue weighted by Gasteiger charge is -2.50. The molecule has 150 valence electrons. The number of allylic oxidation sites excluding steroid dienone is 2. The second-order valence-corrected chi connectivity index (χ2v) is 8.47. The number of carbonyl (C=O) groups excluding carboxylic acids is 1. The van der Waals surface area contributed by atoms with Gasteiger partial charge in [0.05, 0.1) is 6.04 Å². The van der Waals surface area contributed by atoms with Crippen molar-refractivity contribution < 1.29 is 18.0 Å². The molecule has 3 rings (SSSR count). The van der Waals surface area contributed by atoms with Crippen LogP contribution in [0.15, 0.2) is 53.6 Å². The van der Waals surface area contributed by atoms with E-state index in [1.54, 1.807) is 0 Å². The van der Waals surface area contributed by atoms with E-state index in [9.17, 15) is 18.0 Å². The molecule has 0 bridgehead atoms. The maximum absolute atomic E-state index is 12.7. The zero-order chi connectivity index (χ0) is 20.7. The molecule has 2 aromatic carbocycles. The van der Waals surface area contributed by atoms with E-state index in [2.05, 4.69) is 5.32 Å². The van der Waals surface area contributed by atoms with Crippen molar-refractivity contribution in [1.29, 1.82) is 0 Å². The molecule has 2 unspecified atom stereocenters. The fourth-order valence-corrected chi connectivity index (χ4v) is 3.98. The Morgan fingerprint density at radius 1 is 1.21 bits per heavy atom. The third kappa shape index (κ3) is 4.04. The first-order valence-corrected chi connectivity index (χ1v) is 9.61. The standard InChI is InChI=1S/C22H23ClF3NO/c1-13(15-9-8-14-6-4-5-7-16(14)10-15)27-20(28)18-11-17(21(18,2)3)12-19(23)22(24,25)26/h4-10,12-13,17-18H,11H2,1-3H3,(H,27,28)/t13-,17?,18?/m1/s1. The Labute approximate surface area is 167 Å². The SMILES string of the molecule is C[C@@H](NC(=O)C1CC(C=C(Cl)C(F)(F)F)C1(C)C)c1ccc2ccccc2c1. The fraction of sp³-hybridized carbons (Fsp3) is 0.409. The third-order valence-corrected chi connectivity index (χ3v) is 6.25. The molecule has 3 atom stereocenters. The van der Waals surface area contributed by atoms with Gasteiger partial charge in [-0.25, -0.2) is 0 Å². The van der Waals surface area contributed by atoms with Crippen LogP contribution in [-0.2, 0) is 4.79 Å². The monoisotopic (exact) mass is 409 g/mol. The number of halogens is 4. The second kappa shape index (κ2) is 7.43. The molecule has 0 saturated heterocycles. The Kier molecular flexibility index (Phi) is 5.50. The summed E-state index contributed by atoms with van der Waals surface area (Å²) in [5, 5.41) is 4.11. The van der Waals surface area contributed by atoms with Gasteiger partial charge >= 0.3 is 6.18 Å². The van der Waals surface area contributed by atoms with Gasteiger partial charge in [-0.05, 0) is 47.1 Å². The van der Waals surface area contributed by atoms with Crippen molar-refractivity contribution in [3.8, 4) is 0 Å². The zero-order valence-corrected chi connectivity index (χ0v) is 16.7. The summed E-state index contributed by atoms with van der Waals surface area (Å²) in [4.78, 5) is 12.7. The van der Waals surface area contributed by atoms with Crippen LogP contribution < -0.4 is 5.32 Å². The minimum atomic E-state index is -4.55. The highest BCUT2D eigenvalue weighted by Gasteiger charge is 2.51. The van der Waals surface area contributed by atoms with Gasteiger partial charge in [0.2, 0.25) is 5.91 Å². The van der Waals surface area contributed by atoms with Crippen molar-refractivity contribution in [3.05, 3.63) is 59.1 Å². The Bertz CT molecular complexity index is 919. The Balaban J connectivity index is 1.67. The van der Waals surface area contributed by atoms with Crippen LogP contribution in [0.3, 0.4) is 0 Å². The van der Waals surface area contributed by atoms with Crippen LogP contribution >= 0.6 is 11.6 Å². The summed E-state index contributed by atoms with van der Waals surface area (Å²) >= 11 is 5.37. The summed E-state index contributed by atoms with van der Waals surface area (Å²) in [6.07, 6.45) is -3.15. The van der Waals surface area contributed by atoms with Crippen molar-refractivity contribution in [3.63, 3.8) is 0 Å². The summed E-state index contributed by atoms with van der Waals surface area (Å²) < 4.78 is 38.0. The van der Waals surface area contributed by atoms with E-state index in [-0.39, 0.29) is 23.8 Å². The van der Waals surface area contributed by atoms with Gasteiger partial charge in [0, 0.05) is 5.92 Å². The lowest BCUT2D eigenvalue weighted by atomic mass is 9.54. The normalized spacial score (nSPS) is 23.2. The van der Waals surface area contributed by atoms with E-state index in [1.165, 1.54) is 0 Å². The van der Waals surface area contributed by atoms with Gasteiger partial charge < -0.3 is 5.32 Å². The molecule has 0 aliphatic heterocycles. The first-order valence-electron chi connectivity index (χ1n) is 9.23. The fourth-order valence-electron chi connectivity index (χ4n) is 3.83. The number of benzene rings is 2. The minimum absolute atomic E-state index is 0.140. The van der Waals surface area contributed by atoms with Crippen molar-refractivity contribution >= 4 is 28.3 Å². The number of carbonyl (C=O) groups is 1. The molecule has 0 radical (unpaired) electrons. The molecule has 1 fully saturated rings. The van der Waals surface area contributed by atoms with Gasteiger partial charge in [-0.2, -0.15) is 13.2 Å². The van der Waals surface area contributed by atoms with Crippen molar-refractivity contribution in [2.75, 3.05) is 0 Å². The molecule has 0 heterocycles. The molecule has 1 aliphatic carbocycles. The molecular formula is C22H23ClF3NO. The summed E-state index contributed by atoms with van der Waals surface area (Å²) in [6.45, 7) is 5.53. The minimum Gasteiger partial charge on any atom is -0.349 e. The lowest BCUT2D eigenvalue weighted by molar-refractivity contribution is -0.138. The maximum Gasteiger partial charge on any atom is 0.426 e. The Morgan fingerprint density at radius 3 is 2.46 bits per heavy atom. The van der Waals surface area contributed by atoms with E-state index in [0.29, 0.717) is 6.42 Å². The van der Waals surface area contributed by atoms with Crippen LogP contribution in [0.25, 0.3) is 10.8 Å². The van der Waals surface area contributed by atoms with E-state index < -0.39 is 16.6 Å². The highest BCUT2D eigenvalue weighted by atomic mass is 35.5. The molecular weight excluding hydrogens is 387 g/mol. The van der Waals surface area contributed by atoms with Crippen LogP contribution in [0.1, 0.15) is 38.8 Å². The summed E-state index contributed by atoms with van der Waals surface area (Å²) in [6, 6.07) is 13.8. The molecule has 6 heteroatoms. The summed E-state index contributed by atoms with van der Waals surface area (Å²) in [5.41, 5.74) is 0.402. The molecule has 0 aromatic heterocycles. The van der Waals surface area contributed by atoms with Gasteiger partial charge in [0.1, 0.15) is 5.03 Å². The summed E-state index contributed by atoms with van der Waals surface area (Å²) in [5.74, 6) is -0.874. The average molecular weight is 410 g/mol. The van der Waals surface area contributed by atoms with Gasteiger partial charge in [0.15, 0.2) is 0 Å². The van der Waals surface area contributed by atoms with E-state index in [4.69, 9.17) is 11.6 Å². The Morgan fingerprint density at radius 2 is 1.86 bits per heavy atom. The van der Waals surface area contributed by atoms with Crippen LogP contribution in [0.5, 0.6) is 0 Å². The van der Waals surface area contributed by atoms with E-state index >= 15 is 0 Å². The van der Waals surface area contributed by atoms with Crippen LogP contribution in [0.4, 0.5) is 13.2 Å². The largest absolute Gasteiger partial charge is 0.426 e. The molecule has 1 aliphatic rings. The number of hydrogen-bond acceptors (Lipinski definition) is 1. The van der Waals surface area contributed by atoms with Gasteiger partial charge in [-0.15, -0.1) is 0 Å². The predicted octanol–water partition coefficient (Wildman–Crippen LogP) is 6.36. The average Bonchev–Trinajstić information content (AvgIpc) is 2.63. The summed E-state index contributed by atoms with van der Waals surface area (Å²) in [7, 11) is 0. The molecule has 2 nitrogen and oxygen atoms in total. The first kappa shape index (κ1) is 20.7. The quantitative estimate of drug-likeness (QED) is 0.625. The number of amides is 1. The molecule has 1 N–H and O–H groups in total. The van der Waals surface area contributed by atoms with Crippen LogP contribution in [0.2, 0.25) is 0 Å². The molecule has 0 spiro atoms. The number of rotatable bonds is 4. The van der Waals surface area contributed by atoms with Gasteiger partial charge in [0.25, 0.3) is 0 Å². The third-order valence-electron chi connectivity index (χ3n) is 5.91. The number of fused-ring (bicyclic) bond motifs is 1. The number of nitrogens with one attached hydrogen (secondary N) is 1. The number of alkyl halides is 3. The smallest absolute Gasteiger partial charge is 0.349 e. The lowest BCUT2D eigenvalue weighted by Crippen LogP contribution is -2.52. The van der Waals surface area contributed by atoms with E-state index in [1.807, 2.05) is 63.2 Å². The Hall–Kier alpha value is -2.01. The van der Waals surface area contributed by atoms with Crippen molar-refractivity contribution in [1.82, 2.24) is 5.32 Å². The predicted molar refractivity (Wildman–Crippen MR) is 106 cm³/mol. The van der Waals surface area contributed by atoms with E-state index in [0.717, 1.165) is 22.4 Å². The zero-order valence-electron chi connectivity index (χ0n) is 16.0. The van der Waals surface area contributed by atoms with Crippen molar-refractivity contribution in [2.24, 2.45) is 17.3 Å².